The molecule has 2 aromatic rings. The molecule has 1 heterocycles. The van der Waals surface area contributed by atoms with Crippen molar-refractivity contribution in [1.82, 2.24) is 4.37 Å². The Morgan fingerprint density at radius 2 is 2.12 bits per heavy atom. The summed E-state index contributed by atoms with van der Waals surface area (Å²) in [6, 6.07) is 4.47. The van der Waals surface area contributed by atoms with Crippen molar-refractivity contribution in [2.75, 3.05) is 5.32 Å². The van der Waals surface area contributed by atoms with E-state index in [-0.39, 0.29) is 5.69 Å². The van der Waals surface area contributed by atoms with Crippen LogP contribution in [0, 0.1) is 11.6 Å². The largest absolute Gasteiger partial charge is 0.319 e. The van der Waals surface area contributed by atoms with E-state index < -0.39 is 17.5 Å². The third-order valence-corrected chi connectivity index (χ3v) is 2.59. The maximum Gasteiger partial charge on any atom is 0.267 e. The molecule has 0 atom stereocenters. The van der Waals surface area contributed by atoms with Gasteiger partial charge in [0.2, 0.25) is 0 Å². The molecule has 0 aliphatic heterocycles. The van der Waals surface area contributed by atoms with Crippen molar-refractivity contribution in [3.63, 3.8) is 0 Å². The summed E-state index contributed by atoms with van der Waals surface area (Å²) in [6.45, 7) is 0. The van der Waals surface area contributed by atoms with Crippen LogP contribution in [0.1, 0.15) is 9.67 Å². The van der Waals surface area contributed by atoms with Gasteiger partial charge in [-0.1, -0.05) is 0 Å². The molecule has 1 aromatic heterocycles. The molecule has 0 spiro atoms. The first kappa shape index (κ1) is 10.7. The number of anilines is 1. The van der Waals surface area contributed by atoms with Crippen LogP contribution in [0.15, 0.2) is 30.5 Å². The Balaban J connectivity index is 2.18. The zero-order valence-corrected chi connectivity index (χ0v) is 8.72. The summed E-state index contributed by atoms with van der Waals surface area (Å²) < 4.78 is 29.5. The van der Waals surface area contributed by atoms with Gasteiger partial charge in [-0.25, -0.2) is 13.2 Å². The Morgan fingerprint density at radius 3 is 2.75 bits per heavy atom. The molecular formula is C10H6F2N2OS. The summed E-state index contributed by atoms with van der Waals surface area (Å²) in [6.07, 6.45) is 1.47. The number of carbonyl (C=O) groups is 1. The number of carbonyl (C=O) groups excluding carboxylic acids is 1. The Labute approximate surface area is 93.9 Å². The monoisotopic (exact) mass is 240 g/mol. The van der Waals surface area contributed by atoms with E-state index in [2.05, 4.69) is 9.69 Å². The maximum absolute atomic E-state index is 13.2. The van der Waals surface area contributed by atoms with E-state index in [9.17, 15) is 13.6 Å². The van der Waals surface area contributed by atoms with E-state index in [1.165, 1.54) is 18.3 Å². The number of halogens is 2. The first-order valence-electron chi connectivity index (χ1n) is 4.34. The maximum atomic E-state index is 13.2. The second kappa shape index (κ2) is 4.36. The van der Waals surface area contributed by atoms with Crippen LogP contribution in [-0.2, 0) is 0 Å². The van der Waals surface area contributed by atoms with Crippen LogP contribution < -0.4 is 5.32 Å². The quantitative estimate of drug-likeness (QED) is 0.876. The highest BCUT2D eigenvalue weighted by molar-refractivity contribution is 7.08. The molecule has 3 nitrogen and oxygen atoms in total. The highest BCUT2D eigenvalue weighted by atomic mass is 32.1. The second-order valence-corrected chi connectivity index (χ2v) is 3.79. The SMILES string of the molecule is O=C(Nc1ccc(F)cc1F)c1ccns1. The normalized spacial score (nSPS) is 10.1. The molecule has 0 aliphatic carbocycles. The van der Waals surface area contributed by atoms with Crippen molar-refractivity contribution in [3.8, 4) is 0 Å². The van der Waals surface area contributed by atoms with Crippen molar-refractivity contribution < 1.29 is 13.6 Å². The third kappa shape index (κ3) is 2.22. The predicted molar refractivity (Wildman–Crippen MR) is 56.4 cm³/mol. The van der Waals surface area contributed by atoms with Crippen LogP contribution in [0.25, 0.3) is 0 Å². The highest BCUT2D eigenvalue weighted by Gasteiger charge is 2.10. The van der Waals surface area contributed by atoms with E-state index in [1.807, 2.05) is 0 Å². The number of nitrogens with zero attached hydrogens (tertiary/aromatic N) is 1. The summed E-state index contributed by atoms with van der Waals surface area (Å²) in [7, 11) is 0. The summed E-state index contributed by atoms with van der Waals surface area (Å²) in [5.41, 5.74) is -0.0557. The van der Waals surface area contributed by atoms with Crippen molar-refractivity contribution in [3.05, 3.63) is 47.0 Å². The smallest absolute Gasteiger partial charge is 0.267 e. The van der Waals surface area contributed by atoms with E-state index in [4.69, 9.17) is 0 Å². The van der Waals surface area contributed by atoms with Gasteiger partial charge in [0.1, 0.15) is 16.5 Å². The molecule has 0 radical (unpaired) electrons. The molecule has 1 N–H and O–H groups in total. The number of benzene rings is 1. The van der Waals surface area contributed by atoms with E-state index in [1.54, 1.807) is 0 Å². The highest BCUT2D eigenvalue weighted by Crippen LogP contribution is 2.16. The van der Waals surface area contributed by atoms with Crippen molar-refractivity contribution in [1.29, 1.82) is 0 Å². The Hall–Kier alpha value is -1.82. The van der Waals surface area contributed by atoms with Gasteiger partial charge in [-0.05, 0) is 29.7 Å². The Morgan fingerprint density at radius 1 is 1.31 bits per heavy atom. The molecule has 0 fully saturated rings. The minimum absolute atomic E-state index is 0.0557. The predicted octanol–water partition coefficient (Wildman–Crippen LogP) is 2.67. The van der Waals surface area contributed by atoms with Crippen LogP contribution >= 0.6 is 11.5 Å². The number of amides is 1. The molecule has 1 aromatic carbocycles. The molecular weight excluding hydrogens is 234 g/mol. The minimum atomic E-state index is -0.808. The number of rotatable bonds is 2. The molecule has 0 saturated carbocycles. The Kier molecular flexibility index (Phi) is 2.91. The molecule has 82 valence electrons. The lowest BCUT2D eigenvalue weighted by Gasteiger charge is -2.04. The molecule has 0 bridgehead atoms. The average Bonchev–Trinajstić information content (AvgIpc) is 2.75. The minimum Gasteiger partial charge on any atom is -0.319 e. The first-order valence-corrected chi connectivity index (χ1v) is 5.11. The number of aromatic nitrogens is 1. The van der Waals surface area contributed by atoms with Gasteiger partial charge >= 0.3 is 0 Å². The number of hydrogen-bond donors (Lipinski definition) is 1. The van der Waals surface area contributed by atoms with Gasteiger partial charge in [-0.3, -0.25) is 4.79 Å². The fourth-order valence-electron chi connectivity index (χ4n) is 1.11. The molecule has 6 heteroatoms. The summed E-state index contributed by atoms with van der Waals surface area (Å²) in [5.74, 6) is -1.96. The van der Waals surface area contributed by atoms with Crippen LogP contribution in [0.3, 0.4) is 0 Å². The summed E-state index contributed by atoms with van der Waals surface area (Å²) in [4.78, 5) is 11.9. The van der Waals surface area contributed by atoms with Crippen molar-refractivity contribution >= 4 is 23.1 Å². The van der Waals surface area contributed by atoms with E-state index in [0.29, 0.717) is 10.9 Å². The Bertz CT molecular complexity index is 514. The van der Waals surface area contributed by atoms with Crippen molar-refractivity contribution in [2.45, 2.75) is 0 Å². The van der Waals surface area contributed by atoms with Gasteiger partial charge in [0.15, 0.2) is 0 Å². The lowest BCUT2D eigenvalue weighted by atomic mass is 10.3. The average molecular weight is 240 g/mol. The van der Waals surface area contributed by atoms with Crippen LogP contribution in [-0.4, -0.2) is 10.3 Å². The number of nitrogens with one attached hydrogen (secondary N) is 1. The summed E-state index contributed by atoms with van der Waals surface area (Å²) >= 11 is 1.00. The lowest BCUT2D eigenvalue weighted by molar-refractivity contribution is 0.103. The van der Waals surface area contributed by atoms with Gasteiger partial charge in [-0.15, -0.1) is 0 Å². The zero-order valence-electron chi connectivity index (χ0n) is 7.91. The molecule has 1 amide bonds. The van der Waals surface area contributed by atoms with Crippen LogP contribution in [0.2, 0.25) is 0 Å². The van der Waals surface area contributed by atoms with Gasteiger partial charge in [0, 0.05) is 12.3 Å². The standard InChI is InChI=1S/C10H6F2N2OS/c11-6-1-2-8(7(12)5-6)14-10(15)9-3-4-13-16-9/h1-5H,(H,14,15). The van der Waals surface area contributed by atoms with Gasteiger partial charge < -0.3 is 5.32 Å². The molecule has 0 unspecified atom stereocenters. The molecule has 16 heavy (non-hydrogen) atoms. The third-order valence-electron chi connectivity index (χ3n) is 1.84. The first-order chi connectivity index (χ1) is 7.66. The fourth-order valence-corrected chi connectivity index (χ4v) is 1.60. The fraction of sp³-hybridized carbons (Fsp3) is 0. The van der Waals surface area contributed by atoms with Gasteiger partial charge in [0.05, 0.1) is 5.69 Å². The second-order valence-electron chi connectivity index (χ2n) is 2.95. The van der Waals surface area contributed by atoms with E-state index in [0.717, 1.165) is 17.6 Å². The van der Waals surface area contributed by atoms with Gasteiger partial charge in [-0.2, -0.15) is 0 Å². The van der Waals surface area contributed by atoms with Crippen LogP contribution in [0.4, 0.5) is 14.5 Å². The topological polar surface area (TPSA) is 42.0 Å². The van der Waals surface area contributed by atoms with Crippen LogP contribution in [0.5, 0.6) is 0 Å². The summed E-state index contributed by atoms with van der Waals surface area (Å²) in [5, 5.41) is 2.33. The number of hydrogen-bond acceptors (Lipinski definition) is 3. The molecule has 2 rings (SSSR count). The van der Waals surface area contributed by atoms with Gasteiger partial charge in [0.25, 0.3) is 5.91 Å². The molecule has 0 saturated heterocycles. The molecule has 0 aliphatic rings. The lowest BCUT2D eigenvalue weighted by Crippen LogP contribution is -2.11. The van der Waals surface area contributed by atoms with Crippen molar-refractivity contribution in [2.24, 2.45) is 0 Å². The zero-order chi connectivity index (χ0) is 11.5. The van der Waals surface area contributed by atoms with E-state index >= 15 is 0 Å².